The number of benzene rings is 2. The summed E-state index contributed by atoms with van der Waals surface area (Å²) >= 11 is 0. The third kappa shape index (κ3) is 4.62. The Bertz CT molecular complexity index is 1430. The number of fused-ring (bicyclic) bond motifs is 1. The highest BCUT2D eigenvalue weighted by molar-refractivity contribution is 7.97. The van der Waals surface area contributed by atoms with Crippen LogP contribution in [0.25, 0.3) is 27.9 Å². The molecule has 36 heavy (non-hydrogen) atoms. The van der Waals surface area contributed by atoms with E-state index in [-0.39, 0.29) is 0 Å². The molecule has 2 saturated heterocycles. The molecule has 8 heteroatoms. The SMILES string of the molecule is C[S+](=O)(O)c1cccc(-c2cnn3cc(-c4ccc(CCN5CCC6(CC5)CNC6)cc4)cnc23)c1. The summed E-state index contributed by atoms with van der Waals surface area (Å²) in [6.07, 6.45) is 10.7. The first-order valence-corrected chi connectivity index (χ1v) is 14.5. The van der Waals surface area contributed by atoms with E-state index >= 15 is 0 Å². The molecule has 186 valence electrons. The van der Waals surface area contributed by atoms with Crippen LogP contribution in [0.2, 0.25) is 0 Å². The summed E-state index contributed by atoms with van der Waals surface area (Å²) in [5, 5.41) is 7.95. The van der Waals surface area contributed by atoms with Crippen LogP contribution in [0.3, 0.4) is 0 Å². The Labute approximate surface area is 212 Å². The van der Waals surface area contributed by atoms with Gasteiger partial charge in [-0.25, -0.2) is 9.50 Å². The first-order chi connectivity index (χ1) is 17.4. The normalized spacial score (nSPS) is 19.3. The Hall–Kier alpha value is -2.91. The first-order valence-electron chi connectivity index (χ1n) is 12.6. The second-order valence-electron chi connectivity index (χ2n) is 10.4. The predicted molar refractivity (Wildman–Crippen MR) is 143 cm³/mol. The van der Waals surface area contributed by atoms with Crippen molar-refractivity contribution >= 4 is 15.9 Å². The number of piperidine rings is 1. The molecular formula is C28H32N5O2S+. The fraction of sp³-hybridized carbons (Fsp3) is 0.357. The number of rotatable bonds is 6. The lowest BCUT2D eigenvalue weighted by atomic mass is 9.73. The highest BCUT2D eigenvalue weighted by atomic mass is 32.3. The summed E-state index contributed by atoms with van der Waals surface area (Å²) in [6.45, 7) is 5.98. The van der Waals surface area contributed by atoms with E-state index in [0.717, 1.165) is 35.2 Å². The molecule has 4 aromatic rings. The van der Waals surface area contributed by atoms with Crippen LogP contribution in [0.4, 0.5) is 0 Å². The van der Waals surface area contributed by atoms with Gasteiger partial charge in [-0.05, 0) is 60.5 Å². The van der Waals surface area contributed by atoms with Gasteiger partial charge in [-0.3, -0.25) is 0 Å². The number of likely N-dealkylation sites (tertiary alicyclic amines) is 1. The van der Waals surface area contributed by atoms with E-state index in [1.165, 1.54) is 50.8 Å². The van der Waals surface area contributed by atoms with Gasteiger partial charge in [-0.1, -0.05) is 40.6 Å². The van der Waals surface area contributed by atoms with Crippen LogP contribution in [0.1, 0.15) is 18.4 Å². The molecule has 2 N–H and O–H groups in total. The maximum absolute atomic E-state index is 12.1. The minimum atomic E-state index is -3.03. The van der Waals surface area contributed by atoms with Crippen LogP contribution in [0, 0.1) is 5.41 Å². The zero-order valence-electron chi connectivity index (χ0n) is 20.6. The fourth-order valence-electron chi connectivity index (χ4n) is 5.36. The van der Waals surface area contributed by atoms with Gasteiger partial charge in [-0.2, -0.15) is 9.65 Å². The Morgan fingerprint density at radius 3 is 2.50 bits per heavy atom. The minimum absolute atomic E-state index is 0.399. The van der Waals surface area contributed by atoms with Gasteiger partial charge in [0.1, 0.15) is 6.26 Å². The van der Waals surface area contributed by atoms with E-state index in [0.29, 0.717) is 16.0 Å². The van der Waals surface area contributed by atoms with Gasteiger partial charge in [-0.15, -0.1) is 0 Å². The Kier molecular flexibility index (Phi) is 6.00. The van der Waals surface area contributed by atoms with E-state index < -0.39 is 10.2 Å². The summed E-state index contributed by atoms with van der Waals surface area (Å²) in [5.41, 5.74) is 6.44. The number of aromatic nitrogens is 3. The molecule has 2 aromatic heterocycles. The summed E-state index contributed by atoms with van der Waals surface area (Å²) < 4.78 is 23.8. The Balaban J connectivity index is 1.14. The molecule has 2 aliphatic rings. The lowest BCUT2D eigenvalue weighted by molar-refractivity contribution is 0.0560. The molecule has 7 nitrogen and oxygen atoms in total. The Morgan fingerprint density at radius 2 is 1.81 bits per heavy atom. The van der Waals surface area contributed by atoms with Gasteiger partial charge in [0.2, 0.25) is 10.2 Å². The molecule has 1 unspecified atom stereocenters. The van der Waals surface area contributed by atoms with E-state index in [2.05, 4.69) is 44.6 Å². The molecule has 4 heterocycles. The summed E-state index contributed by atoms with van der Waals surface area (Å²) in [7, 11) is -3.03. The molecule has 1 spiro atoms. The molecular weight excluding hydrogens is 470 g/mol. The number of hydrogen-bond donors (Lipinski definition) is 2. The van der Waals surface area contributed by atoms with E-state index in [4.69, 9.17) is 0 Å². The van der Waals surface area contributed by atoms with E-state index in [9.17, 15) is 8.76 Å². The van der Waals surface area contributed by atoms with Gasteiger partial charge in [0.25, 0.3) is 0 Å². The molecule has 0 saturated carbocycles. The van der Waals surface area contributed by atoms with E-state index in [1.807, 2.05) is 18.5 Å². The summed E-state index contributed by atoms with van der Waals surface area (Å²) in [5.74, 6) is 0. The minimum Gasteiger partial charge on any atom is -0.316 e. The maximum atomic E-state index is 12.1. The van der Waals surface area contributed by atoms with Crippen molar-refractivity contribution in [3.8, 4) is 22.3 Å². The molecule has 6 rings (SSSR count). The molecule has 2 fully saturated rings. The first kappa shape index (κ1) is 23.5. The topological polar surface area (TPSA) is 82.8 Å². The zero-order chi connectivity index (χ0) is 24.8. The van der Waals surface area contributed by atoms with Gasteiger partial charge in [0, 0.05) is 49.2 Å². The summed E-state index contributed by atoms with van der Waals surface area (Å²) in [6, 6.07) is 15.9. The third-order valence-corrected chi connectivity index (χ3v) is 8.99. The average Bonchev–Trinajstić information content (AvgIpc) is 3.30. The van der Waals surface area contributed by atoms with Crippen LogP contribution < -0.4 is 5.32 Å². The zero-order valence-corrected chi connectivity index (χ0v) is 21.4. The molecule has 1 atom stereocenters. The molecule has 0 amide bonds. The number of nitrogens with zero attached hydrogens (tertiary/aromatic N) is 4. The highest BCUT2D eigenvalue weighted by Gasteiger charge is 2.39. The van der Waals surface area contributed by atoms with Crippen molar-refractivity contribution in [1.29, 1.82) is 0 Å². The van der Waals surface area contributed by atoms with Crippen molar-refractivity contribution in [1.82, 2.24) is 24.8 Å². The lowest BCUT2D eigenvalue weighted by Gasteiger charge is -2.48. The highest BCUT2D eigenvalue weighted by Crippen LogP contribution is 2.35. The largest absolute Gasteiger partial charge is 0.316 e. The van der Waals surface area contributed by atoms with Gasteiger partial charge >= 0.3 is 0 Å². The quantitative estimate of drug-likeness (QED) is 0.384. The van der Waals surface area contributed by atoms with Crippen LogP contribution in [0.15, 0.2) is 72.0 Å². The lowest BCUT2D eigenvalue weighted by Crippen LogP contribution is -2.58. The van der Waals surface area contributed by atoms with Gasteiger partial charge in [0.05, 0.1) is 6.20 Å². The molecule has 2 aliphatic heterocycles. The molecule has 2 aromatic carbocycles. The van der Waals surface area contributed by atoms with Crippen molar-refractivity contribution in [3.05, 3.63) is 72.7 Å². The van der Waals surface area contributed by atoms with Gasteiger partial charge < -0.3 is 10.2 Å². The van der Waals surface area contributed by atoms with Crippen molar-refractivity contribution in [3.63, 3.8) is 0 Å². The monoisotopic (exact) mass is 502 g/mol. The number of hydrogen-bond acceptors (Lipinski definition) is 5. The standard InChI is InChI=1S/C28H31N5O2S/c1-36(34,35)25-4-2-3-23(15-25)26-17-31-33-18-24(16-30-27(26)33)22-7-5-21(6-8-22)9-12-32-13-10-28(11-14-32)19-29-20-28/h2-8,15-18,29H,9-14,19-20H2,1H3/p+1. The Morgan fingerprint density at radius 1 is 1.03 bits per heavy atom. The smallest absolute Gasteiger partial charge is 0.244 e. The number of nitrogens with one attached hydrogen (secondary N) is 1. The molecule has 0 radical (unpaired) electrons. The second-order valence-corrected chi connectivity index (χ2v) is 12.5. The van der Waals surface area contributed by atoms with Crippen molar-refractivity contribution in [2.45, 2.75) is 24.2 Å². The molecule has 0 bridgehead atoms. The van der Waals surface area contributed by atoms with Crippen LogP contribution in [-0.2, 0) is 20.8 Å². The second kappa shape index (κ2) is 9.19. The van der Waals surface area contributed by atoms with Crippen molar-refractivity contribution in [2.24, 2.45) is 5.41 Å². The van der Waals surface area contributed by atoms with Crippen molar-refractivity contribution < 1.29 is 8.76 Å². The summed E-state index contributed by atoms with van der Waals surface area (Å²) in [4.78, 5) is 7.69. The maximum Gasteiger partial charge on any atom is 0.244 e. The fourth-order valence-corrected chi connectivity index (χ4v) is 6.04. The van der Waals surface area contributed by atoms with Crippen LogP contribution in [0.5, 0.6) is 0 Å². The van der Waals surface area contributed by atoms with Crippen LogP contribution >= 0.6 is 0 Å². The predicted octanol–water partition coefficient (Wildman–Crippen LogP) is 4.25. The average molecular weight is 503 g/mol. The third-order valence-electron chi connectivity index (χ3n) is 7.86. The van der Waals surface area contributed by atoms with E-state index in [1.54, 1.807) is 28.9 Å². The van der Waals surface area contributed by atoms with Gasteiger partial charge in [0.15, 0.2) is 10.5 Å². The van der Waals surface area contributed by atoms with Crippen LogP contribution in [-0.4, -0.2) is 63.0 Å². The van der Waals surface area contributed by atoms with Crippen molar-refractivity contribution in [2.75, 3.05) is 39.0 Å². The molecule has 0 aliphatic carbocycles.